The smallest absolute Gasteiger partial charge is 0.416 e. The fourth-order valence-corrected chi connectivity index (χ4v) is 5.79. The number of carbonyl (C=O) groups excluding carboxylic acids is 3. The van der Waals surface area contributed by atoms with Gasteiger partial charge in [-0.1, -0.05) is 47.8 Å². The van der Waals surface area contributed by atoms with Crippen LogP contribution in [0.25, 0.3) is 0 Å². The SMILES string of the molecule is O=C(Nc1cccc(C(F)(F)F)c1)OCSC1(SCOC(=O)Nc2cccc(C(F)(F)F)c2)COc2ccccc2C1=O. The van der Waals surface area contributed by atoms with Crippen molar-refractivity contribution >= 4 is 52.9 Å². The summed E-state index contributed by atoms with van der Waals surface area (Å²) in [6.45, 7) is -0.241. The van der Waals surface area contributed by atoms with Crippen LogP contribution in [-0.2, 0) is 21.8 Å². The number of Topliss-reactive ketones (excluding diaryl/α,β-unsaturated/α-hetero) is 1. The van der Waals surface area contributed by atoms with Gasteiger partial charge in [0.05, 0.1) is 16.7 Å². The lowest BCUT2D eigenvalue weighted by molar-refractivity contribution is -0.138. The Morgan fingerprint density at radius 1 is 0.767 bits per heavy atom. The van der Waals surface area contributed by atoms with Crippen LogP contribution in [-0.4, -0.2) is 40.5 Å². The van der Waals surface area contributed by atoms with Gasteiger partial charge in [0.15, 0.2) is 9.86 Å². The van der Waals surface area contributed by atoms with Crippen LogP contribution >= 0.6 is 23.5 Å². The molecule has 4 rings (SSSR count). The molecule has 16 heteroatoms. The number of alkyl halides is 6. The average molecular weight is 647 g/mol. The molecule has 0 saturated carbocycles. The Kier molecular flexibility index (Phi) is 9.69. The summed E-state index contributed by atoms with van der Waals surface area (Å²) in [4.78, 5) is 38.0. The van der Waals surface area contributed by atoms with E-state index in [9.17, 15) is 40.7 Å². The number of carbonyl (C=O) groups is 3. The van der Waals surface area contributed by atoms with Gasteiger partial charge in [0.1, 0.15) is 24.2 Å². The molecule has 2 N–H and O–H groups in total. The van der Waals surface area contributed by atoms with E-state index < -0.39 is 57.4 Å². The Hall–Kier alpha value is -4.05. The molecule has 8 nitrogen and oxygen atoms in total. The minimum Gasteiger partial charge on any atom is -0.490 e. The zero-order valence-corrected chi connectivity index (χ0v) is 23.2. The Morgan fingerprint density at radius 2 is 1.26 bits per heavy atom. The molecule has 3 aromatic rings. The number of ketones is 1. The summed E-state index contributed by atoms with van der Waals surface area (Å²) in [5.74, 6) is -1.05. The van der Waals surface area contributed by atoms with Gasteiger partial charge >= 0.3 is 24.5 Å². The second-order valence-electron chi connectivity index (χ2n) is 8.66. The van der Waals surface area contributed by atoms with Crippen molar-refractivity contribution in [1.29, 1.82) is 0 Å². The van der Waals surface area contributed by atoms with Crippen molar-refractivity contribution in [2.75, 3.05) is 29.1 Å². The zero-order valence-electron chi connectivity index (χ0n) is 21.6. The molecule has 2 amide bonds. The van der Waals surface area contributed by atoms with E-state index in [1.165, 1.54) is 18.2 Å². The predicted molar refractivity (Wildman–Crippen MR) is 147 cm³/mol. The van der Waals surface area contributed by atoms with E-state index in [1.807, 2.05) is 0 Å². The molecule has 0 saturated heterocycles. The van der Waals surface area contributed by atoms with Gasteiger partial charge in [-0.05, 0) is 48.5 Å². The zero-order chi connectivity index (χ0) is 31.3. The highest BCUT2D eigenvalue weighted by Gasteiger charge is 2.46. The summed E-state index contributed by atoms with van der Waals surface area (Å²) in [6, 6.07) is 14.1. The number of ether oxygens (including phenoxy) is 3. The third-order valence-corrected chi connectivity index (χ3v) is 8.45. The summed E-state index contributed by atoms with van der Waals surface area (Å²) in [5.41, 5.74) is -2.08. The molecule has 0 aromatic heterocycles. The third kappa shape index (κ3) is 8.28. The molecular formula is C27H20F6N2O6S2. The van der Waals surface area contributed by atoms with Crippen molar-refractivity contribution in [3.63, 3.8) is 0 Å². The van der Waals surface area contributed by atoms with Crippen LogP contribution in [0.3, 0.4) is 0 Å². The van der Waals surface area contributed by atoms with Crippen molar-refractivity contribution < 1.29 is 54.9 Å². The van der Waals surface area contributed by atoms with E-state index in [0.29, 0.717) is 5.75 Å². The number of para-hydroxylation sites is 1. The van der Waals surface area contributed by atoms with E-state index in [4.69, 9.17) is 14.2 Å². The lowest BCUT2D eigenvalue weighted by Crippen LogP contribution is -2.43. The molecule has 0 atom stereocenters. The summed E-state index contributed by atoms with van der Waals surface area (Å²) in [7, 11) is 0. The molecule has 0 fully saturated rings. The maximum absolute atomic E-state index is 13.5. The van der Waals surface area contributed by atoms with Gasteiger partial charge in [-0.15, -0.1) is 0 Å². The Morgan fingerprint density at radius 3 is 1.74 bits per heavy atom. The first-order chi connectivity index (χ1) is 20.3. The van der Waals surface area contributed by atoms with Crippen LogP contribution in [0.2, 0.25) is 0 Å². The molecule has 0 bridgehead atoms. The number of thioether (sulfide) groups is 2. The lowest BCUT2D eigenvalue weighted by Gasteiger charge is -2.34. The number of hydrogen-bond acceptors (Lipinski definition) is 8. The highest BCUT2D eigenvalue weighted by Crippen LogP contribution is 2.45. The largest absolute Gasteiger partial charge is 0.490 e. The summed E-state index contributed by atoms with van der Waals surface area (Å²) >= 11 is 1.62. The van der Waals surface area contributed by atoms with Crippen molar-refractivity contribution in [1.82, 2.24) is 0 Å². The maximum Gasteiger partial charge on any atom is 0.416 e. The minimum absolute atomic E-state index is 0.167. The topological polar surface area (TPSA) is 103 Å². The Balaban J connectivity index is 1.38. The number of benzene rings is 3. The number of nitrogens with one attached hydrogen (secondary N) is 2. The average Bonchev–Trinajstić information content (AvgIpc) is 2.94. The molecule has 1 aliphatic rings. The molecule has 0 aliphatic carbocycles. The molecule has 43 heavy (non-hydrogen) atoms. The normalized spacial score (nSPS) is 14.2. The molecule has 228 valence electrons. The third-order valence-electron chi connectivity index (χ3n) is 5.73. The van der Waals surface area contributed by atoms with Crippen molar-refractivity contribution in [3.05, 3.63) is 89.5 Å². The van der Waals surface area contributed by atoms with Gasteiger partial charge in [0, 0.05) is 11.4 Å². The highest BCUT2D eigenvalue weighted by molar-refractivity contribution is 8.19. The van der Waals surface area contributed by atoms with Gasteiger partial charge in [-0.3, -0.25) is 15.4 Å². The molecule has 0 unspecified atom stereocenters. The number of amides is 2. The Labute approximate surface area is 248 Å². The van der Waals surface area contributed by atoms with Crippen LogP contribution in [0.5, 0.6) is 5.75 Å². The van der Waals surface area contributed by atoms with E-state index in [2.05, 4.69) is 10.6 Å². The van der Waals surface area contributed by atoms with Crippen LogP contribution in [0.15, 0.2) is 72.8 Å². The predicted octanol–water partition coefficient (Wildman–Crippen LogP) is 7.87. The molecule has 0 spiro atoms. The van der Waals surface area contributed by atoms with Crippen LogP contribution < -0.4 is 15.4 Å². The van der Waals surface area contributed by atoms with Gasteiger partial charge < -0.3 is 14.2 Å². The van der Waals surface area contributed by atoms with Crippen LogP contribution in [0.1, 0.15) is 21.5 Å². The first-order valence-electron chi connectivity index (χ1n) is 12.0. The van der Waals surface area contributed by atoms with Gasteiger partial charge in [-0.25, -0.2) is 9.59 Å². The molecule has 1 aliphatic heterocycles. The number of fused-ring (bicyclic) bond motifs is 1. The minimum atomic E-state index is -4.62. The second kappa shape index (κ2) is 13.1. The maximum atomic E-state index is 13.5. The number of anilines is 2. The Bertz CT molecular complexity index is 1420. The first kappa shape index (κ1) is 31.9. The van der Waals surface area contributed by atoms with E-state index >= 15 is 0 Å². The van der Waals surface area contributed by atoms with Crippen LogP contribution in [0, 0.1) is 0 Å². The first-order valence-corrected chi connectivity index (χ1v) is 14.0. The van der Waals surface area contributed by atoms with Crippen molar-refractivity contribution in [2.24, 2.45) is 0 Å². The number of rotatable bonds is 8. The summed E-state index contributed by atoms with van der Waals surface area (Å²) < 4.78 is 92.1. The standard InChI is InChI=1S/C27H20F6N2O6S2/c28-26(29,30)16-5-3-7-18(11-16)34-23(37)40-14-42-25(13-39-21-10-2-1-9-20(21)22(25)36)43-15-41-24(38)35-19-8-4-6-17(12-19)27(31,32)33/h1-12H,13-15H2,(H,34,37)(H,35,38). The summed E-state index contributed by atoms with van der Waals surface area (Å²) in [6.07, 6.45) is -11.4. The fraction of sp³-hybridized carbons (Fsp3) is 0.222. The van der Waals surface area contributed by atoms with E-state index in [1.54, 1.807) is 18.2 Å². The summed E-state index contributed by atoms with van der Waals surface area (Å²) in [5, 5.41) is 4.36. The number of hydrogen-bond donors (Lipinski definition) is 2. The van der Waals surface area contributed by atoms with E-state index in [-0.39, 0.29) is 23.5 Å². The van der Waals surface area contributed by atoms with Gasteiger partial charge in [0.2, 0.25) is 0 Å². The lowest BCUT2D eigenvalue weighted by atomic mass is 10.0. The van der Waals surface area contributed by atoms with Gasteiger partial charge in [-0.2, -0.15) is 26.3 Å². The quantitative estimate of drug-likeness (QED) is 0.188. The molecular weight excluding hydrogens is 626 g/mol. The number of halogens is 6. The van der Waals surface area contributed by atoms with E-state index in [0.717, 1.165) is 59.9 Å². The van der Waals surface area contributed by atoms with Crippen LogP contribution in [0.4, 0.5) is 47.3 Å². The monoisotopic (exact) mass is 646 g/mol. The molecule has 0 radical (unpaired) electrons. The molecule has 3 aromatic carbocycles. The van der Waals surface area contributed by atoms with Crippen molar-refractivity contribution in [3.8, 4) is 5.75 Å². The van der Waals surface area contributed by atoms with Gasteiger partial charge in [0.25, 0.3) is 0 Å². The highest BCUT2D eigenvalue weighted by atomic mass is 32.2. The molecule has 1 heterocycles. The second-order valence-corrected chi connectivity index (χ2v) is 11.4. The van der Waals surface area contributed by atoms with Crippen molar-refractivity contribution in [2.45, 2.75) is 16.4 Å². The fourth-order valence-electron chi connectivity index (χ4n) is 3.69.